The molecule has 0 radical (unpaired) electrons. The first kappa shape index (κ1) is 14.3. The van der Waals surface area contributed by atoms with Crippen molar-refractivity contribution in [1.29, 1.82) is 0 Å². The lowest BCUT2D eigenvalue weighted by Gasteiger charge is -2.05. The van der Waals surface area contributed by atoms with Gasteiger partial charge in [0.25, 0.3) is 0 Å². The number of rotatable bonds is 5. The van der Waals surface area contributed by atoms with E-state index in [4.69, 9.17) is 5.73 Å². The van der Waals surface area contributed by atoms with Crippen LogP contribution in [0.15, 0.2) is 48.8 Å². The van der Waals surface area contributed by atoms with Crippen molar-refractivity contribution in [3.63, 3.8) is 0 Å². The molecule has 112 valence electrons. The zero-order valence-corrected chi connectivity index (χ0v) is 12.6. The van der Waals surface area contributed by atoms with Crippen LogP contribution in [-0.2, 0) is 6.42 Å². The lowest BCUT2D eigenvalue weighted by Crippen LogP contribution is -2.02. The molecule has 0 amide bonds. The van der Waals surface area contributed by atoms with E-state index in [0.717, 1.165) is 17.7 Å². The van der Waals surface area contributed by atoms with E-state index in [1.165, 1.54) is 18.4 Å². The van der Waals surface area contributed by atoms with Gasteiger partial charge in [0.05, 0.1) is 5.69 Å². The molecular formula is C17H19N5. The molecule has 3 rings (SSSR count). The Morgan fingerprint density at radius 2 is 1.95 bits per heavy atom. The molecule has 2 aromatic heterocycles. The number of aromatic nitrogens is 4. The number of hydrogen-bond donors (Lipinski definition) is 1. The number of unbranched alkanes of at least 4 members (excludes halogenated alkanes) is 1. The molecular weight excluding hydrogens is 274 g/mol. The summed E-state index contributed by atoms with van der Waals surface area (Å²) in [6.07, 6.45) is 6.96. The van der Waals surface area contributed by atoms with Crippen LogP contribution in [0.25, 0.3) is 16.9 Å². The topological polar surface area (TPSA) is 69.6 Å². The minimum atomic E-state index is 0.523. The predicted molar refractivity (Wildman–Crippen MR) is 87.6 cm³/mol. The molecule has 0 unspecified atom stereocenters. The van der Waals surface area contributed by atoms with E-state index in [0.29, 0.717) is 11.5 Å². The summed E-state index contributed by atoms with van der Waals surface area (Å²) in [7, 11) is 0. The van der Waals surface area contributed by atoms with Gasteiger partial charge >= 0.3 is 0 Å². The molecule has 1 aromatic carbocycles. The van der Waals surface area contributed by atoms with Crippen LogP contribution in [0, 0.1) is 0 Å². The lowest BCUT2D eigenvalue weighted by molar-refractivity contribution is 0.790. The Hall–Kier alpha value is -2.69. The Balaban J connectivity index is 1.88. The van der Waals surface area contributed by atoms with E-state index in [-0.39, 0.29) is 0 Å². The summed E-state index contributed by atoms with van der Waals surface area (Å²) in [6, 6.07) is 12.1. The van der Waals surface area contributed by atoms with Gasteiger partial charge < -0.3 is 5.73 Å². The second kappa shape index (κ2) is 6.39. The number of pyridine rings is 1. The summed E-state index contributed by atoms with van der Waals surface area (Å²) in [5.74, 6) is 0.523. The molecule has 0 fully saturated rings. The van der Waals surface area contributed by atoms with Crippen molar-refractivity contribution in [3.05, 3.63) is 54.4 Å². The summed E-state index contributed by atoms with van der Waals surface area (Å²) in [6.45, 7) is 2.20. The van der Waals surface area contributed by atoms with E-state index in [2.05, 4.69) is 34.4 Å². The highest BCUT2D eigenvalue weighted by Gasteiger charge is 2.12. The van der Waals surface area contributed by atoms with Crippen LogP contribution >= 0.6 is 0 Å². The average molecular weight is 293 g/mol. The van der Waals surface area contributed by atoms with Crippen LogP contribution in [0.2, 0.25) is 0 Å². The van der Waals surface area contributed by atoms with Gasteiger partial charge in [-0.3, -0.25) is 4.98 Å². The summed E-state index contributed by atoms with van der Waals surface area (Å²) in [4.78, 5) is 4.09. The Kier molecular flexibility index (Phi) is 4.14. The van der Waals surface area contributed by atoms with Crippen molar-refractivity contribution in [2.24, 2.45) is 0 Å². The van der Waals surface area contributed by atoms with Crippen LogP contribution in [0.3, 0.4) is 0 Å². The number of hydrogen-bond acceptors (Lipinski definition) is 4. The van der Waals surface area contributed by atoms with Gasteiger partial charge in [-0.05, 0) is 42.7 Å². The highest BCUT2D eigenvalue weighted by atomic mass is 15.5. The summed E-state index contributed by atoms with van der Waals surface area (Å²) < 4.78 is 1.66. The predicted octanol–water partition coefficient (Wildman–Crippen LogP) is 3.25. The number of aryl methyl sites for hydroxylation is 1. The Labute approximate surface area is 129 Å². The second-order valence-corrected chi connectivity index (χ2v) is 5.25. The third-order valence-corrected chi connectivity index (χ3v) is 3.64. The zero-order chi connectivity index (χ0) is 15.4. The Morgan fingerprint density at radius 3 is 2.64 bits per heavy atom. The maximum absolute atomic E-state index is 6.20. The molecule has 0 saturated carbocycles. The van der Waals surface area contributed by atoms with Gasteiger partial charge in [-0.1, -0.05) is 30.7 Å². The average Bonchev–Trinajstić information content (AvgIpc) is 2.96. The maximum Gasteiger partial charge on any atom is 0.155 e. The highest BCUT2D eigenvalue weighted by molar-refractivity contribution is 5.70. The molecule has 2 heterocycles. The summed E-state index contributed by atoms with van der Waals surface area (Å²) in [5.41, 5.74) is 9.97. The van der Waals surface area contributed by atoms with Gasteiger partial charge in [0.2, 0.25) is 0 Å². The van der Waals surface area contributed by atoms with Crippen molar-refractivity contribution in [2.75, 3.05) is 5.73 Å². The zero-order valence-electron chi connectivity index (χ0n) is 12.6. The molecule has 0 atom stereocenters. The SMILES string of the molecule is CCCCc1ccc(-n2nnc(-c3cccnc3)c2N)cc1. The second-order valence-electron chi connectivity index (χ2n) is 5.25. The molecule has 0 spiro atoms. The number of nitrogens with zero attached hydrogens (tertiary/aromatic N) is 4. The summed E-state index contributed by atoms with van der Waals surface area (Å²) >= 11 is 0. The minimum Gasteiger partial charge on any atom is -0.382 e. The van der Waals surface area contributed by atoms with Crippen molar-refractivity contribution in [1.82, 2.24) is 20.0 Å². The van der Waals surface area contributed by atoms with E-state index in [9.17, 15) is 0 Å². The quantitative estimate of drug-likeness (QED) is 0.784. The molecule has 0 saturated heterocycles. The van der Waals surface area contributed by atoms with Gasteiger partial charge in [0, 0.05) is 18.0 Å². The lowest BCUT2D eigenvalue weighted by atomic mass is 10.1. The smallest absolute Gasteiger partial charge is 0.155 e. The molecule has 22 heavy (non-hydrogen) atoms. The molecule has 0 bridgehead atoms. The first-order valence-corrected chi connectivity index (χ1v) is 7.50. The van der Waals surface area contributed by atoms with Crippen molar-refractivity contribution in [3.8, 4) is 16.9 Å². The number of nitrogens with two attached hydrogens (primary N) is 1. The monoisotopic (exact) mass is 293 g/mol. The van der Waals surface area contributed by atoms with Gasteiger partial charge in [-0.25, -0.2) is 0 Å². The van der Waals surface area contributed by atoms with Crippen LogP contribution in [-0.4, -0.2) is 20.0 Å². The third kappa shape index (κ3) is 2.83. The molecule has 0 aliphatic rings. The van der Waals surface area contributed by atoms with Crippen LogP contribution < -0.4 is 5.73 Å². The number of benzene rings is 1. The van der Waals surface area contributed by atoms with Crippen molar-refractivity contribution in [2.45, 2.75) is 26.2 Å². The van der Waals surface area contributed by atoms with E-state index in [1.54, 1.807) is 17.1 Å². The Morgan fingerprint density at radius 1 is 1.14 bits per heavy atom. The van der Waals surface area contributed by atoms with E-state index in [1.807, 2.05) is 24.3 Å². The molecule has 5 nitrogen and oxygen atoms in total. The third-order valence-electron chi connectivity index (χ3n) is 3.64. The van der Waals surface area contributed by atoms with Gasteiger partial charge in [-0.15, -0.1) is 5.10 Å². The number of nitrogen functional groups attached to an aromatic ring is 1. The molecule has 5 heteroatoms. The largest absolute Gasteiger partial charge is 0.382 e. The fourth-order valence-electron chi connectivity index (χ4n) is 2.37. The van der Waals surface area contributed by atoms with Gasteiger partial charge in [-0.2, -0.15) is 4.68 Å². The van der Waals surface area contributed by atoms with Gasteiger partial charge in [0.15, 0.2) is 5.82 Å². The molecule has 0 aliphatic carbocycles. The van der Waals surface area contributed by atoms with Gasteiger partial charge in [0.1, 0.15) is 5.69 Å². The standard InChI is InChI=1S/C17H19N5/c1-2-3-5-13-7-9-15(10-8-13)22-17(18)16(20-21-22)14-6-4-11-19-12-14/h4,6-12H,2-3,5,18H2,1H3. The number of anilines is 1. The van der Waals surface area contributed by atoms with Crippen LogP contribution in [0.4, 0.5) is 5.82 Å². The fraction of sp³-hybridized carbons (Fsp3) is 0.235. The summed E-state index contributed by atoms with van der Waals surface area (Å²) in [5, 5.41) is 8.35. The van der Waals surface area contributed by atoms with Crippen LogP contribution in [0.5, 0.6) is 0 Å². The maximum atomic E-state index is 6.20. The highest BCUT2D eigenvalue weighted by Crippen LogP contribution is 2.24. The minimum absolute atomic E-state index is 0.523. The first-order valence-electron chi connectivity index (χ1n) is 7.50. The molecule has 3 aromatic rings. The molecule has 0 aliphatic heterocycles. The van der Waals surface area contributed by atoms with E-state index < -0.39 is 0 Å². The molecule has 2 N–H and O–H groups in total. The van der Waals surface area contributed by atoms with E-state index >= 15 is 0 Å². The van der Waals surface area contributed by atoms with Crippen molar-refractivity contribution < 1.29 is 0 Å². The first-order chi connectivity index (χ1) is 10.8. The van der Waals surface area contributed by atoms with Crippen LogP contribution in [0.1, 0.15) is 25.3 Å². The Bertz CT molecular complexity index is 732. The van der Waals surface area contributed by atoms with Crippen molar-refractivity contribution >= 4 is 5.82 Å². The normalized spacial score (nSPS) is 10.8. The fourth-order valence-corrected chi connectivity index (χ4v) is 2.37.